The molecule has 0 saturated heterocycles. The van der Waals surface area contributed by atoms with Crippen LogP contribution in [-0.4, -0.2) is 30.0 Å². The van der Waals surface area contributed by atoms with E-state index in [2.05, 4.69) is 9.97 Å². The maximum Gasteiger partial charge on any atom is 0.431 e. The fourth-order valence-electron chi connectivity index (χ4n) is 1.50. The van der Waals surface area contributed by atoms with Crippen molar-refractivity contribution in [2.75, 3.05) is 11.3 Å². The standard InChI is InChI=1S/C11H11F3N4O3S/c1-2-21-10-6-15-5-9(17-10)18-22(19,20)7-3-8(16-4-7)11(12,13)14/h3-6,16H,2H2,1H3,(H,17,18). The number of nitrogens with one attached hydrogen (secondary N) is 2. The average Bonchev–Trinajstić information content (AvgIpc) is 2.89. The molecular formula is C11H11F3N4O3S. The molecule has 0 aliphatic heterocycles. The van der Waals surface area contributed by atoms with Crippen LogP contribution in [0.2, 0.25) is 0 Å². The van der Waals surface area contributed by atoms with Gasteiger partial charge in [-0.15, -0.1) is 0 Å². The van der Waals surface area contributed by atoms with Crippen molar-refractivity contribution in [3.63, 3.8) is 0 Å². The molecule has 0 radical (unpaired) electrons. The molecule has 7 nitrogen and oxygen atoms in total. The second-order valence-electron chi connectivity index (χ2n) is 4.03. The summed E-state index contributed by atoms with van der Waals surface area (Å²) >= 11 is 0. The Morgan fingerprint density at radius 2 is 2.09 bits per heavy atom. The van der Waals surface area contributed by atoms with Crippen molar-refractivity contribution in [1.82, 2.24) is 15.0 Å². The molecule has 2 aromatic heterocycles. The molecule has 120 valence electrons. The molecule has 0 amide bonds. The van der Waals surface area contributed by atoms with Crippen molar-refractivity contribution in [1.29, 1.82) is 0 Å². The Morgan fingerprint density at radius 3 is 2.68 bits per heavy atom. The molecule has 0 aromatic carbocycles. The van der Waals surface area contributed by atoms with Gasteiger partial charge in [0, 0.05) is 6.20 Å². The molecule has 0 fully saturated rings. The molecule has 2 N–H and O–H groups in total. The Kier molecular flexibility index (Phi) is 4.26. The van der Waals surface area contributed by atoms with Gasteiger partial charge in [0.05, 0.1) is 19.0 Å². The van der Waals surface area contributed by atoms with Crippen molar-refractivity contribution in [2.45, 2.75) is 18.0 Å². The van der Waals surface area contributed by atoms with Crippen LogP contribution in [-0.2, 0) is 16.2 Å². The van der Waals surface area contributed by atoms with Crippen LogP contribution in [0.4, 0.5) is 19.0 Å². The van der Waals surface area contributed by atoms with Crippen LogP contribution in [0.25, 0.3) is 0 Å². The number of H-pyrrole nitrogens is 1. The summed E-state index contributed by atoms with van der Waals surface area (Å²) < 4.78 is 68.5. The van der Waals surface area contributed by atoms with E-state index in [0.717, 1.165) is 12.4 Å². The lowest BCUT2D eigenvalue weighted by molar-refractivity contribution is -0.140. The number of hydrogen-bond acceptors (Lipinski definition) is 5. The van der Waals surface area contributed by atoms with Crippen LogP contribution in [0.5, 0.6) is 5.88 Å². The van der Waals surface area contributed by atoms with E-state index in [9.17, 15) is 21.6 Å². The number of alkyl halides is 3. The molecule has 0 spiro atoms. The number of rotatable bonds is 5. The number of anilines is 1. The Balaban J connectivity index is 2.24. The Hall–Kier alpha value is -2.30. The predicted octanol–water partition coefficient (Wildman–Crippen LogP) is 2.02. The van der Waals surface area contributed by atoms with Gasteiger partial charge in [-0.1, -0.05) is 0 Å². The highest BCUT2D eigenvalue weighted by Gasteiger charge is 2.33. The monoisotopic (exact) mass is 336 g/mol. The largest absolute Gasteiger partial charge is 0.477 e. The van der Waals surface area contributed by atoms with Crippen LogP contribution < -0.4 is 9.46 Å². The van der Waals surface area contributed by atoms with Gasteiger partial charge in [0.2, 0.25) is 5.88 Å². The lowest BCUT2D eigenvalue weighted by Gasteiger charge is -2.07. The minimum absolute atomic E-state index is 0.0905. The fraction of sp³-hybridized carbons (Fsp3) is 0.273. The summed E-state index contributed by atoms with van der Waals surface area (Å²) in [4.78, 5) is 8.84. The molecule has 0 aliphatic carbocycles. The number of ether oxygens (including phenoxy) is 1. The van der Waals surface area contributed by atoms with Gasteiger partial charge in [0.15, 0.2) is 5.82 Å². The molecule has 22 heavy (non-hydrogen) atoms. The molecule has 2 heterocycles. The maximum atomic E-state index is 12.5. The van der Waals surface area contributed by atoms with E-state index in [1.54, 1.807) is 6.92 Å². The van der Waals surface area contributed by atoms with E-state index in [1.807, 2.05) is 9.71 Å². The number of sulfonamides is 1. The highest BCUT2D eigenvalue weighted by Crippen LogP contribution is 2.30. The Morgan fingerprint density at radius 1 is 1.36 bits per heavy atom. The van der Waals surface area contributed by atoms with Crippen LogP contribution in [0.1, 0.15) is 12.6 Å². The third kappa shape index (κ3) is 3.67. The minimum atomic E-state index is -4.66. The normalized spacial score (nSPS) is 12.2. The zero-order chi connectivity index (χ0) is 16.4. The van der Waals surface area contributed by atoms with Crippen molar-refractivity contribution in [3.05, 3.63) is 30.4 Å². The molecule has 0 saturated carbocycles. The lowest BCUT2D eigenvalue weighted by atomic mass is 10.4. The van der Waals surface area contributed by atoms with E-state index in [4.69, 9.17) is 4.74 Å². The first kappa shape index (κ1) is 16.1. The number of aromatic amines is 1. The van der Waals surface area contributed by atoms with Gasteiger partial charge < -0.3 is 9.72 Å². The zero-order valence-corrected chi connectivity index (χ0v) is 12.0. The number of hydrogen-bond donors (Lipinski definition) is 2. The summed E-state index contributed by atoms with van der Waals surface area (Å²) in [5, 5.41) is 0. The van der Waals surface area contributed by atoms with Gasteiger partial charge >= 0.3 is 6.18 Å². The summed E-state index contributed by atoms with van der Waals surface area (Å²) in [5.74, 6) is -0.0755. The third-order valence-corrected chi connectivity index (χ3v) is 3.75. The smallest absolute Gasteiger partial charge is 0.431 e. The topological polar surface area (TPSA) is 97.0 Å². The lowest BCUT2D eigenvalue weighted by Crippen LogP contribution is -2.14. The summed E-state index contributed by atoms with van der Waals surface area (Å²) in [6, 6.07) is 0.488. The van der Waals surface area contributed by atoms with Crippen molar-refractivity contribution >= 4 is 15.8 Å². The second kappa shape index (κ2) is 5.83. The van der Waals surface area contributed by atoms with E-state index in [1.165, 1.54) is 6.20 Å². The highest BCUT2D eigenvalue weighted by atomic mass is 32.2. The summed E-state index contributed by atoms with van der Waals surface area (Å²) in [6.07, 6.45) is -1.54. The van der Waals surface area contributed by atoms with Crippen molar-refractivity contribution < 1.29 is 26.3 Å². The molecule has 11 heteroatoms. The maximum absolute atomic E-state index is 12.5. The van der Waals surface area contributed by atoms with Gasteiger partial charge in [-0.3, -0.25) is 9.71 Å². The number of nitrogens with zero attached hydrogens (tertiary/aromatic N) is 2. The highest BCUT2D eigenvalue weighted by molar-refractivity contribution is 7.92. The molecular weight excluding hydrogens is 325 g/mol. The Bertz CT molecular complexity index is 758. The SMILES string of the molecule is CCOc1cncc(NS(=O)(=O)c2c[nH]c(C(F)(F)F)c2)n1. The number of aromatic nitrogens is 3. The summed E-state index contributed by atoms with van der Waals surface area (Å²) in [7, 11) is -4.22. The van der Waals surface area contributed by atoms with Gasteiger partial charge in [-0.2, -0.15) is 18.2 Å². The van der Waals surface area contributed by atoms with Gasteiger partial charge in [-0.05, 0) is 13.0 Å². The van der Waals surface area contributed by atoms with Crippen LogP contribution >= 0.6 is 0 Å². The predicted molar refractivity (Wildman–Crippen MR) is 69.8 cm³/mol. The number of halogens is 3. The van der Waals surface area contributed by atoms with Gasteiger partial charge in [-0.25, -0.2) is 8.42 Å². The first-order valence-electron chi connectivity index (χ1n) is 5.95. The van der Waals surface area contributed by atoms with E-state index >= 15 is 0 Å². The van der Waals surface area contributed by atoms with Crippen LogP contribution in [0.15, 0.2) is 29.6 Å². The Labute approximate surface area is 123 Å². The molecule has 0 bridgehead atoms. The van der Waals surface area contributed by atoms with Crippen LogP contribution in [0, 0.1) is 0 Å². The quantitative estimate of drug-likeness (QED) is 0.871. The molecule has 0 unspecified atom stereocenters. The van der Waals surface area contributed by atoms with E-state index < -0.39 is 26.8 Å². The fourth-order valence-corrected chi connectivity index (χ4v) is 2.48. The third-order valence-electron chi connectivity index (χ3n) is 2.42. The second-order valence-corrected chi connectivity index (χ2v) is 5.71. The van der Waals surface area contributed by atoms with E-state index in [-0.39, 0.29) is 11.7 Å². The molecule has 2 rings (SSSR count). The van der Waals surface area contributed by atoms with Crippen molar-refractivity contribution in [2.24, 2.45) is 0 Å². The van der Waals surface area contributed by atoms with Crippen LogP contribution in [0.3, 0.4) is 0 Å². The average molecular weight is 336 g/mol. The van der Waals surface area contributed by atoms with E-state index in [0.29, 0.717) is 12.7 Å². The minimum Gasteiger partial charge on any atom is -0.477 e. The molecule has 0 atom stereocenters. The molecule has 0 aliphatic rings. The molecule has 2 aromatic rings. The first-order valence-corrected chi connectivity index (χ1v) is 7.44. The van der Waals surface area contributed by atoms with Gasteiger partial charge in [0.25, 0.3) is 10.0 Å². The first-order chi connectivity index (χ1) is 10.2. The summed E-state index contributed by atoms with van der Waals surface area (Å²) in [6.45, 7) is 2.01. The zero-order valence-electron chi connectivity index (χ0n) is 11.2. The van der Waals surface area contributed by atoms with Crippen molar-refractivity contribution in [3.8, 4) is 5.88 Å². The van der Waals surface area contributed by atoms with Gasteiger partial charge in [0.1, 0.15) is 10.6 Å². The summed E-state index contributed by atoms with van der Waals surface area (Å²) in [5.41, 5.74) is -1.16.